The molecule has 0 aliphatic carbocycles. The number of amides is 2. The Bertz CT molecular complexity index is 1030. The first-order valence-corrected chi connectivity index (χ1v) is 11.8. The molecule has 1 fully saturated rings. The molecule has 0 aromatic heterocycles. The fourth-order valence-corrected chi connectivity index (χ4v) is 4.84. The van der Waals surface area contributed by atoms with Gasteiger partial charge in [0.1, 0.15) is 17.2 Å². The number of carbonyl (C=O) groups excluding carboxylic acids is 1. The molecule has 4 rings (SSSR count). The van der Waals surface area contributed by atoms with Crippen molar-refractivity contribution in [2.24, 2.45) is 10.4 Å². The average molecular weight is 451 g/mol. The van der Waals surface area contributed by atoms with Gasteiger partial charge in [-0.15, -0.1) is 0 Å². The maximum absolute atomic E-state index is 14.1. The van der Waals surface area contributed by atoms with E-state index in [2.05, 4.69) is 74.1 Å². The van der Waals surface area contributed by atoms with Gasteiger partial charge in [-0.05, 0) is 55.9 Å². The third-order valence-corrected chi connectivity index (χ3v) is 7.28. The third-order valence-electron chi connectivity index (χ3n) is 7.28. The second-order valence-corrected chi connectivity index (χ2v) is 10.6. The smallest absolute Gasteiger partial charge is 0.350 e. The van der Waals surface area contributed by atoms with Gasteiger partial charge >= 0.3 is 6.03 Å². The van der Waals surface area contributed by atoms with Crippen LogP contribution < -0.4 is 10.2 Å². The van der Waals surface area contributed by atoms with Gasteiger partial charge in [0, 0.05) is 30.9 Å². The molecule has 2 aromatic rings. The molecule has 176 valence electrons. The molecule has 0 saturated carbocycles. The van der Waals surface area contributed by atoms with E-state index in [-0.39, 0.29) is 29.3 Å². The number of urea groups is 1. The van der Waals surface area contributed by atoms with Gasteiger partial charge in [0.05, 0.1) is 0 Å². The minimum absolute atomic E-state index is 0.00133. The predicted molar refractivity (Wildman–Crippen MR) is 132 cm³/mol. The van der Waals surface area contributed by atoms with Crippen LogP contribution in [0.15, 0.2) is 59.6 Å². The summed E-state index contributed by atoms with van der Waals surface area (Å²) >= 11 is 0. The van der Waals surface area contributed by atoms with Crippen molar-refractivity contribution in [1.29, 1.82) is 0 Å². The number of amidine groups is 1. The molecular formula is C27H35FN4O. The van der Waals surface area contributed by atoms with Crippen LogP contribution in [0.5, 0.6) is 0 Å². The van der Waals surface area contributed by atoms with Gasteiger partial charge in [-0.25, -0.2) is 9.18 Å². The Morgan fingerprint density at radius 2 is 1.91 bits per heavy atom. The maximum Gasteiger partial charge on any atom is 0.350 e. The van der Waals surface area contributed by atoms with E-state index in [1.165, 1.54) is 17.7 Å². The Hall–Kier alpha value is -2.73. The first-order valence-electron chi connectivity index (χ1n) is 11.8. The first kappa shape index (κ1) is 23.4. The van der Waals surface area contributed by atoms with E-state index in [4.69, 9.17) is 0 Å². The molecule has 1 spiro atoms. The Morgan fingerprint density at radius 3 is 2.55 bits per heavy atom. The molecule has 2 amide bonds. The zero-order chi connectivity index (χ0) is 23.8. The number of halogens is 1. The van der Waals surface area contributed by atoms with Gasteiger partial charge in [0.25, 0.3) is 0 Å². The van der Waals surface area contributed by atoms with Crippen LogP contribution in [0.25, 0.3) is 0 Å². The van der Waals surface area contributed by atoms with Gasteiger partial charge in [-0.3, -0.25) is 9.80 Å². The number of hydrogen-bond acceptors (Lipinski definition) is 3. The number of piperidine rings is 1. The number of rotatable bonds is 4. The highest BCUT2D eigenvalue weighted by Crippen LogP contribution is 2.41. The lowest BCUT2D eigenvalue weighted by molar-refractivity contribution is 0.121. The normalized spacial score (nSPS) is 24.8. The van der Waals surface area contributed by atoms with Crippen molar-refractivity contribution in [2.45, 2.75) is 71.6 Å². The Kier molecular flexibility index (Phi) is 6.32. The van der Waals surface area contributed by atoms with E-state index in [0.717, 1.165) is 25.9 Å². The highest BCUT2D eigenvalue weighted by Gasteiger charge is 2.54. The lowest BCUT2D eigenvalue weighted by Gasteiger charge is -2.49. The highest BCUT2D eigenvalue weighted by molar-refractivity contribution is 6.16. The summed E-state index contributed by atoms with van der Waals surface area (Å²) in [4.78, 5) is 21.9. The number of benzene rings is 2. The summed E-state index contributed by atoms with van der Waals surface area (Å²) in [6, 6.07) is 16.8. The molecule has 2 aliphatic rings. The summed E-state index contributed by atoms with van der Waals surface area (Å²) in [6.07, 6.45) is 1.46. The van der Waals surface area contributed by atoms with E-state index in [0.29, 0.717) is 11.5 Å². The predicted octanol–water partition coefficient (Wildman–Crippen LogP) is 5.61. The molecular weight excluding hydrogens is 415 g/mol. The van der Waals surface area contributed by atoms with Crippen LogP contribution >= 0.6 is 0 Å². The van der Waals surface area contributed by atoms with Gasteiger partial charge in [0.2, 0.25) is 0 Å². The Labute approximate surface area is 196 Å². The van der Waals surface area contributed by atoms with Gasteiger partial charge in [-0.1, -0.05) is 57.2 Å². The standard InChI is InChI=1S/C27H35FN4O/c1-19-17-27(14-15-31(19)18-21-10-7-6-8-11-21)24(29-20(2)26(3,4)5)30-25(33)32(27)23-13-9-12-22(28)16-23/h6-13,16,19-20H,14-15,17-18H2,1-5H3,(H,29,30,33)/t19?,20-,27?/m0/s1. The minimum Gasteiger partial charge on any atom is -0.368 e. The summed E-state index contributed by atoms with van der Waals surface area (Å²) in [7, 11) is 0. The molecule has 2 heterocycles. The summed E-state index contributed by atoms with van der Waals surface area (Å²) in [6.45, 7) is 12.5. The lowest BCUT2D eigenvalue weighted by Crippen LogP contribution is -2.64. The number of aliphatic imine (C=N–C) groups is 1. The largest absolute Gasteiger partial charge is 0.368 e. The van der Waals surface area contributed by atoms with Crippen LogP contribution in [-0.2, 0) is 6.54 Å². The lowest BCUT2D eigenvalue weighted by atomic mass is 9.79. The van der Waals surface area contributed by atoms with Crippen molar-refractivity contribution in [3.8, 4) is 0 Å². The van der Waals surface area contributed by atoms with Crippen molar-refractivity contribution in [3.05, 3.63) is 66.0 Å². The molecule has 0 radical (unpaired) electrons. The number of nitrogens with one attached hydrogen (secondary N) is 1. The monoisotopic (exact) mass is 450 g/mol. The quantitative estimate of drug-likeness (QED) is 0.658. The molecule has 3 atom stereocenters. The van der Waals surface area contributed by atoms with Crippen molar-refractivity contribution >= 4 is 17.6 Å². The Balaban J connectivity index is 1.66. The number of anilines is 1. The summed E-state index contributed by atoms with van der Waals surface area (Å²) in [5, 5.41) is 3.58. The fourth-order valence-electron chi connectivity index (χ4n) is 4.84. The Morgan fingerprint density at radius 1 is 1.18 bits per heavy atom. The van der Waals surface area contributed by atoms with E-state index in [9.17, 15) is 9.18 Å². The van der Waals surface area contributed by atoms with Crippen LogP contribution in [0.4, 0.5) is 14.9 Å². The molecule has 2 unspecified atom stereocenters. The van der Waals surface area contributed by atoms with Crippen molar-refractivity contribution in [1.82, 2.24) is 10.2 Å². The summed E-state index contributed by atoms with van der Waals surface area (Å²) in [5.41, 5.74) is 1.22. The highest BCUT2D eigenvalue weighted by atomic mass is 19.1. The summed E-state index contributed by atoms with van der Waals surface area (Å²) < 4.78 is 14.1. The number of carbonyl (C=O) groups is 1. The molecule has 1 saturated heterocycles. The molecule has 33 heavy (non-hydrogen) atoms. The second-order valence-electron chi connectivity index (χ2n) is 10.6. The van der Waals surface area contributed by atoms with Gasteiger partial charge in [0.15, 0.2) is 0 Å². The van der Waals surface area contributed by atoms with Gasteiger partial charge in [-0.2, -0.15) is 4.99 Å². The molecule has 0 bridgehead atoms. The zero-order valence-corrected chi connectivity index (χ0v) is 20.3. The van der Waals surface area contributed by atoms with Crippen molar-refractivity contribution in [3.63, 3.8) is 0 Å². The molecule has 2 aliphatic heterocycles. The topological polar surface area (TPSA) is 47.9 Å². The van der Waals surface area contributed by atoms with E-state index >= 15 is 0 Å². The average Bonchev–Trinajstić information content (AvgIpc) is 3.00. The van der Waals surface area contributed by atoms with Gasteiger partial charge < -0.3 is 5.32 Å². The van der Waals surface area contributed by atoms with Crippen molar-refractivity contribution < 1.29 is 9.18 Å². The van der Waals surface area contributed by atoms with Crippen LogP contribution in [0.1, 0.15) is 53.0 Å². The minimum atomic E-state index is -0.614. The molecule has 1 N–H and O–H groups in total. The number of likely N-dealkylation sites (tertiary alicyclic amines) is 1. The van der Waals surface area contributed by atoms with E-state index in [1.54, 1.807) is 17.0 Å². The molecule has 5 nitrogen and oxygen atoms in total. The molecule has 2 aromatic carbocycles. The number of hydrogen-bond donors (Lipinski definition) is 1. The summed E-state index contributed by atoms with van der Waals surface area (Å²) in [5.74, 6) is 0.361. The van der Waals surface area contributed by atoms with Crippen LogP contribution in [0.2, 0.25) is 0 Å². The van der Waals surface area contributed by atoms with Crippen LogP contribution in [0.3, 0.4) is 0 Å². The molecule has 6 heteroatoms. The van der Waals surface area contributed by atoms with Crippen LogP contribution in [0, 0.1) is 11.2 Å². The van der Waals surface area contributed by atoms with Crippen LogP contribution in [-0.4, -0.2) is 40.9 Å². The number of nitrogens with zero attached hydrogens (tertiary/aromatic N) is 3. The van der Waals surface area contributed by atoms with E-state index in [1.807, 2.05) is 6.07 Å². The second kappa shape index (κ2) is 8.90. The maximum atomic E-state index is 14.1. The fraction of sp³-hybridized carbons (Fsp3) is 0.481. The first-order chi connectivity index (χ1) is 15.6. The van der Waals surface area contributed by atoms with E-state index < -0.39 is 5.54 Å². The SMILES string of the molecule is CC1CC2(CCN1Cc1ccccc1)C(N[C@@H](C)C(C)(C)C)=NC(=O)N2c1cccc(F)c1. The van der Waals surface area contributed by atoms with Crippen molar-refractivity contribution in [2.75, 3.05) is 11.4 Å². The third kappa shape index (κ3) is 4.67. The zero-order valence-electron chi connectivity index (χ0n) is 20.3.